The predicted octanol–water partition coefficient (Wildman–Crippen LogP) is 1.08. The minimum absolute atomic E-state index is 0.0940. The van der Waals surface area contributed by atoms with Crippen LogP contribution >= 0.6 is 0 Å². The fourth-order valence-corrected chi connectivity index (χ4v) is 1.75. The molecule has 0 aromatic carbocycles. The van der Waals surface area contributed by atoms with Gasteiger partial charge in [0.25, 0.3) is 5.91 Å². The molecule has 1 unspecified atom stereocenters. The van der Waals surface area contributed by atoms with Gasteiger partial charge < -0.3 is 14.8 Å². The van der Waals surface area contributed by atoms with E-state index in [1.807, 2.05) is 17.5 Å². The van der Waals surface area contributed by atoms with Crippen LogP contribution in [0.2, 0.25) is 0 Å². The van der Waals surface area contributed by atoms with Crippen molar-refractivity contribution in [3.05, 3.63) is 36.4 Å². The van der Waals surface area contributed by atoms with Gasteiger partial charge in [0.05, 0.1) is 18.0 Å². The predicted molar refractivity (Wildman–Crippen MR) is 68.4 cm³/mol. The van der Waals surface area contributed by atoms with Gasteiger partial charge >= 0.3 is 0 Å². The molecule has 1 amide bonds. The van der Waals surface area contributed by atoms with Crippen LogP contribution in [0.3, 0.4) is 0 Å². The summed E-state index contributed by atoms with van der Waals surface area (Å²) in [5, 5.41) is 11.7. The number of hydrogen-bond acceptors (Lipinski definition) is 3. The summed E-state index contributed by atoms with van der Waals surface area (Å²) in [7, 11) is 0. The number of aliphatic hydroxyl groups excluding tert-OH is 1. The van der Waals surface area contributed by atoms with Crippen LogP contribution < -0.4 is 5.32 Å². The number of nitrogens with zero attached hydrogens (tertiary/aromatic N) is 2. The Hall–Kier alpha value is -1.88. The lowest BCUT2D eigenvalue weighted by atomic mass is 10.1. The topological polar surface area (TPSA) is 66.6 Å². The molecule has 0 aliphatic heterocycles. The van der Waals surface area contributed by atoms with Crippen LogP contribution in [0.25, 0.3) is 5.52 Å². The van der Waals surface area contributed by atoms with Crippen LogP contribution in [0.15, 0.2) is 30.9 Å². The molecule has 0 bridgehead atoms. The quantitative estimate of drug-likeness (QED) is 0.831. The maximum atomic E-state index is 11.9. The van der Waals surface area contributed by atoms with Crippen LogP contribution in [0.1, 0.15) is 23.7 Å². The molecule has 0 aliphatic carbocycles. The molecular weight excluding hydrogens is 230 g/mol. The van der Waals surface area contributed by atoms with E-state index < -0.39 is 0 Å². The first-order valence-electron chi connectivity index (χ1n) is 6.01. The van der Waals surface area contributed by atoms with Gasteiger partial charge in [-0.25, -0.2) is 4.98 Å². The first-order valence-corrected chi connectivity index (χ1v) is 6.01. The van der Waals surface area contributed by atoms with E-state index in [9.17, 15) is 4.79 Å². The minimum Gasteiger partial charge on any atom is -0.396 e. The van der Waals surface area contributed by atoms with E-state index in [4.69, 9.17) is 5.11 Å². The highest BCUT2D eigenvalue weighted by atomic mass is 16.3. The van der Waals surface area contributed by atoms with Gasteiger partial charge in [0.2, 0.25) is 0 Å². The van der Waals surface area contributed by atoms with Gasteiger partial charge in [-0.3, -0.25) is 4.79 Å². The van der Waals surface area contributed by atoms with Crippen LogP contribution in [-0.2, 0) is 0 Å². The number of nitrogens with one attached hydrogen (secondary N) is 1. The van der Waals surface area contributed by atoms with Crippen LogP contribution in [0, 0.1) is 5.92 Å². The largest absolute Gasteiger partial charge is 0.396 e. The van der Waals surface area contributed by atoms with Gasteiger partial charge in [0, 0.05) is 24.9 Å². The number of imidazole rings is 1. The van der Waals surface area contributed by atoms with E-state index in [-0.39, 0.29) is 18.4 Å². The Morgan fingerprint density at radius 2 is 2.44 bits per heavy atom. The minimum atomic E-state index is -0.0940. The van der Waals surface area contributed by atoms with E-state index >= 15 is 0 Å². The maximum Gasteiger partial charge on any atom is 0.251 e. The lowest BCUT2D eigenvalue weighted by Gasteiger charge is -2.11. The number of aliphatic hydroxyl groups is 1. The molecule has 5 heteroatoms. The van der Waals surface area contributed by atoms with E-state index in [0.717, 1.165) is 5.52 Å². The summed E-state index contributed by atoms with van der Waals surface area (Å²) >= 11 is 0. The van der Waals surface area contributed by atoms with Crippen molar-refractivity contribution >= 4 is 11.4 Å². The maximum absolute atomic E-state index is 11.9. The molecule has 0 aliphatic rings. The standard InChI is InChI=1S/C13H17N3O2/c1-10(3-5-17)7-15-13(18)11-2-4-16-9-14-8-12(16)6-11/h2,4,6,8-10,17H,3,5,7H2,1H3,(H,15,18). The molecule has 0 saturated heterocycles. The lowest BCUT2D eigenvalue weighted by Crippen LogP contribution is -2.28. The number of fused-ring (bicyclic) bond motifs is 1. The Kier molecular flexibility index (Phi) is 3.94. The fraction of sp³-hybridized carbons (Fsp3) is 0.385. The zero-order valence-electron chi connectivity index (χ0n) is 10.3. The van der Waals surface area contributed by atoms with Crippen molar-refractivity contribution in [2.75, 3.05) is 13.2 Å². The third kappa shape index (κ3) is 2.87. The van der Waals surface area contributed by atoms with E-state index in [1.165, 1.54) is 0 Å². The summed E-state index contributed by atoms with van der Waals surface area (Å²) in [5.41, 5.74) is 1.52. The number of rotatable bonds is 5. The second kappa shape index (κ2) is 5.64. The number of carbonyl (C=O) groups is 1. The average molecular weight is 247 g/mol. The normalized spacial score (nSPS) is 12.6. The number of pyridine rings is 1. The third-order valence-corrected chi connectivity index (χ3v) is 2.91. The second-order valence-electron chi connectivity index (χ2n) is 4.47. The molecule has 0 fully saturated rings. The summed E-state index contributed by atoms with van der Waals surface area (Å²) in [6.45, 7) is 2.72. The van der Waals surface area contributed by atoms with Crippen molar-refractivity contribution in [3.63, 3.8) is 0 Å². The van der Waals surface area contributed by atoms with E-state index in [2.05, 4.69) is 10.3 Å². The fourth-order valence-electron chi connectivity index (χ4n) is 1.75. The molecule has 18 heavy (non-hydrogen) atoms. The summed E-state index contributed by atoms with van der Waals surface area (Å²) < 4.78 is 1.85. The zero-order valence-corrected chi connectivity index (χ0v) is 10.3. The molecule has 0 spiro atoms. The molecule has 2 aromatic heterocycles. The smallest absolute Gasteiger partial charge is 0.251 e. The van der Waals surface area contributed by atoms with Gasteiger partial charge in [0.15, 0.2) is 0 Å². The molecule has 2 aromatic rings. The zero-order chi connectivity index (χ0) is 13.0. The van der Waals surface area contributed by atoms with Gasteiger partial charge in [-0.1, -0.05) is 6.92 Å². The Labute approximate surface area is 105 Å². The van der Waals surface area contributed by atoms with Crippen LogP contribution in [-0.4, -0.2) is 33.6 Å². The highest BCUT2D eigenvalue weighted by Crippen LogP contribution is 2.07. The highest BCUT2D eigenvalue weighted by molar-refractivity contribution is 5.95. The first kappa shape index (κ1) is 12.6. The van der Waals surface area contributed by atoms with Crippen molar-refractivity contribution < 1.29 is 9.90 Å². The van der Waals surface area contributed by atoms with E-state index in [0.29, 0.717) is 18.5 Å². The average Bonchev–Trinajstić information content (AvgIpc) is 2.83. The van der Waals surface area contributed by atoms with E-state index in [1.54, 1.807) is 24.7 Å². The molecule has 1 atom stereocenters. The van der Waals surface area contributed by atoms with Crippen LogP contribution in [0.4, 0.5) is 0 Å². The van der Waals surface area contributed by atoms with Crippen LogP contribution in [0.5, 0.6) is 0 Å². The first-order chi connectivity index (χ1) is 8.70. The Morgan fingerprint density at radius 1 is 1.61 bits per heavy atom. The lowest BCUT2D eigenvalue weighted by molar-refractivity contribution is 0.0945. The van der Waals surface area contributed by atoms with Gasteiger partial charge in [-0.2, -0.15) is 0 Å². The number of aromatic nitrogens is 2. The molecule has 96 valence electrons. The highest BCUT2D eigenvalue weighted by Gasteiger charge is 2.08. The Bertz CT molecular complexity index is 536. The summed E-state index contributed by atoms with van der Waals surface area (Å²) in [4.78, 5) is 15.9. The summed E-state index contributed by atoms with van der Waals surface area (Å²) in [6, 6.07) is 3.57. The molecule has 0 saturated carbocycles. The second-order valence-corrected chi connectivity index (χ2v) is 4.47. The Balaban J connectivity index is 1.99. The molecular formula is C13H17N3O2. The monoisotopic (exact) mass is 247 g/mol. The van der Waals surface area contributed by atoms with Gasteiger partial charge in [-0.15, -0.1) is 0 Å². The van der Waals surface area contributed by atoms with Crippen molar-refractivity contribution in [3.8, 4) is 0 Å². The number of amides is 1. The molecule has 0 radical (unpaired) electrons. The summed E-state index contributed by atoms with van der Waals surface area (Å²) in [5.74, 6) is 0.182. The molecule has 2 heterocycles. The van der Waals surface area contributed by atoms with Crippen molar-refractivity contribution in [1.29, 1.82) is 0 Å². The summed E-state index contributed by atoms with van der Waals surface area (Å²) in [6.07, 6.45) is 5.92. The SMILES string of the molecule is CC(CCO)CNC(=O)c1ccn2cncc2c1. The number of hydrogen-bond donors (Lipinski definition) is 2. The molecule has 5 nitrogen and oxygen atoms in total. The van der Waals surface area contributed by atoms with Crippen molar-refractivity contribution in [1.82, 2.24) is 14.7 Å². The Morgan fingerprint density at radius 3 is 3.22 bits per heavy atom. The van der Waals surface area contributed by atoms with Crippen molar-refractivity contribution in [2.24, 2.45) is 5.92 Å². The third-order valence-electron chi connectivity index (χ3n) is 2.91. The van der Waals surface area contributed by atoms with Gasteiger partial charge in [-0.05, 0) is 24.5 Å². The number of carbonyl (C=O) groups excluding carboxylic acids is 1. The van der Waals surface area contributed by atoms with Gasteiger partial charge in [0.1, 0.15) is 0 Å². The molecule has 2 rings (SSSR count). The molecule has 2 N–H and O–H groups in total. The van der Waals surface area contributed by atoms with Crippen molar-refractivity contribution in [2.45, 2.75) is 13.3 Å².